The van der Waals surface area contributed by atoms with E-state index in [2.05, 4.69) is 11.6 Å². The summed E-state index contributed by atoms with van der Waals surface area (Å²) in [5.74, 6) is 0.00211. The predicted octanol–water partition coefficient (Wildman–Crippen LogP) is 8.16. The zero-order chi connectivity index (χ0) is 27.4. The molecule has 0 saturated carbocycles. The fourth-order valence-corrected chi connectivity index (χ4v) is 5.00. The summed E-state index contributed by atoms with van der Waals surface area (Å²) in [5.41, 5.74) is 0.00124. The highest BCUT2D eigenvalue weighted by molar-refractivity contribution is 7.15. The molecule has 0 bridgehead atoms. The molecular weight excluding hydrogens is 503 g/mol. The van der Waals surface area contributed by atoms with Crippen molar-refractivity contribution in [1.82, 2.24) is 4.98 Å². The van der Waals surface area contributed by atoms with Gasteiger partial charge in [0, 0.05) is 12.0 Å². The van der Waals surface area contributed by atoms with E-state index in [1.165, 1.54) is 23.5 Å². The minimum absolute atomic E-state index is 0.368. The first kappa shape index (κ1) is 28.2. The van der Waals surface area contributed by atoms with Crippen molar-refractivity contribution in [2.45, 2.75) is 64.8 Å². The van der Waals surface area contributed by atoms with E-state index in [1.54, 1.807) is 31.2 Å². The van der Waals surface area contributed by atoms with E-state index in [1.807, 2.05) is 20.8 Å². The van der Waals surface area contributed by atoms with Gasteiger partial charge in [-0.2, -0.15) is 13.2 Å². The van der Waals surface area contributed by atoms with Gasteiger partial charge >= 0.3 is 12.1 Å². The number of alkyl halides is 3. The third kappa shape index (κ3) is 6.71. The predicted molar refractivity (Wildman–Crippen MR) is 138 cm³/mol. The Morgan fingerprint density at radius 3 is 2.41 bits per heavy atom. The summed E-state index contributed by atoms with van der Waals surface area (Å²) in [7, 11) is 0. The van der Waals surface area contributed by atoms with E-state index >= 15 is 0 Å². The third-order valence-corrected chi connectivity index (χ3v) is 7.20. The number of benzene rings is 2. The van der Waals surface area contributed by atoms with E-state index < -0.39 is 29.4 Å². The van der Waals surface area contributed by atoms with Crippen molar-refractivity contribution < 1.29 is 32.5 Å². The van der Waals surface area contributed by atoms with Crippen LogP contribution >= 0.6 is 11.3 Å². The Kier molecular flexibility index (Phi) is 8.68. The van der Waals surface area contributed by atoms with Gasteiger partial charge in [0.25, 0.3) is 0 Å². The molecular formula is C28H30F3NO4S. The van der Waals surface area contributed by atoms with Gasteiger partial charge in [-0.05, 0) is 63.1 Å². The number of carboxylic acid groups (broad SMARTS) is 1. The van der Waals surface area contributed by atoms with Gasteiger partial charge in [-0.1, -0.05) is 31.6 Å². The van der Waals surface area contributed by atoms with Crippen molar-refractivity contribution in [3.8, 4) is 22.1 Å². The van der Waals surface area contributed by atoms with Crippen molar-refractivity contribution in [3.63, 3.8) is 0 Å². The number of rotatable bonds is 11. The lowest BCUT2D eigenvalue weighted by Gasteiger charge is -2.27. The number of ether oxygens (including phenoxy) is 2. The first-order valence-corrected chi connectivity index (χ1v) is 12.6. The van der Waals surface area contributed by atoms with Gasteiger partial charge in [0.05, 0.1) is 16.1 Å². The average molecular weight is 534 g/mol. The maximum Gasteiger partial charge on any atom is 0.416 e. The van der Waals surface area contributed by atoms with Gasteiger partial charge in [0.15, 0.2) is 0 Å². The fourth-order valence-electron chi connectivity index (χ4n) is 3.89. The molecule has 0 radical (unpaired) electrons. The Bertz CT molecular complexity index is 1250. The third-order valence-electron chi connectivity index (χ3n) is 5.90. The molecule has 5 nitrogen and oxygen atoms in total. The van der Waals surface area contributed by atoms with Crippen LogP contribution in [0.5, 0.6) is 11.5 Å². The van der Waals surface area contributed by atoms with Gasteiger partial charge in [-0.3, -0.25) is 0 Å². The van der Waals surface area contributed by atoms with Crippen LogP contribution in [0, 0.1) is 13.8 Å². The Hall–Kier alpha value is -3.33. The summed E-state index contributed by atoms with van der Waals surface area (Å²) in [4.78, 5) is 17.2. The molecule has 1 N–H and O–H groups in total. The van der Waals surface area contributed by atoms with E-state index in [0.717, 1.165) is 28.3 Å². The fraction of sp³-hybridized carbons (Fsp3) is 0.357. The van der Waals surface area contributed by atoms with Gasteiger partial charge in [0.2, 0.25) is 5.60 Å². The summed E-state index contributed by atoms with van der Waals surface area (Å²) in [6.07, 6.45) is -1.56. The number of nitrogens with zero attached hydrogens (tertiary/aromatic N) is 1. The smallest absolute Gasteiger partial charge is 0.416 e. The van der Waals surface area contributed by atoms with Crippen molar-refractivity contribution >= 4 is 17.3 Å². The summed E-state index contributed by atoms with van der Waals surface area (Å²) >= 11 is 1.36. The Morgan fingerprint density at radius 2 is 1.86 bits per heavy atom. The zero-order valence-corrected chi connectivity index (χ0v) is 22.0. The molecule has 3 aromatic rings. The minimum atomic E-state index is -4.40. The number of carbonyl (C=O) groups is 1. The maximum absolute atomic E-state index is 12.9. The van der Waals surface area contributed by atoms with E-state index in [-0.39, 0.29) is 0 Å². The molecule has 2 aromatic carbocycles. The zero-order valence-electron chi connectivity index (χ0n) is 21.2. The molecule has 0 aliphatic heterocycles. The van der Waals surface area contributed by atoms with E-state index in [9.17, 15) is 23.1 Å². The second-order valence-corrected chi connectivity index (χ2v) is 10.0. The molecule has 0 aliphatic carbocycles. The molecule has 0 fully saturated rings. The highest BCUT2D eigenvalue weighted by Crippen LogP contribution is 2.38. The number of aryl methyl sites for hydroxylation is 2. The first-order valence-electron chi connectivity index (χ1n) is 11.8. The Balaban J connectivity index is 1.84. The minimum Gasteiger partial charge on any atom is -0.484 e. The molecule has 9 heteroatoms. The van der Waals surface area contributed by atoms with Crippen LogP contribution in [0.1, 0.15) is 60.9 Å². The maximum atomic E-state index is 12.9. The van der Waals surface area contributed by atoms with Gasteiger partial charge < -0.3 is 14.6 Å². The molecule has 1 heterocycles. The van der Waals surface area contributed by atoms with E-state index in [0.29, 0.717) is 41.3 Å². The number of thiazole rings is 1. The second-order valence-electron chi connectivity index (χ2n) is 8.99. The molecule has 37 heavy (non-hydrogen) atoms. The normalized spacial score (nSPS) is 14.0. The molecule has 0 aliphatic rings. The number of hydrogen-bond donors (Lipinski definition) is 1. The van der Waals surface area contributed by atoms with Crippen molar-refractivity contribution in [3.05, 3.63) is 76.8 Å². The number of halogens is 3. The molecule has 1 aromatic heterocycles. The van der Waals surface area contributed by atoms with Crippen molar-refractivity contribution in [2.24, 2.45) is 0 Å². The topological polar surface area (TPSA) is 68.7 Å². The molecule has 198 valence electrons. The Labute approximate surface area is 218 Å². The van der Waals surface area contributed by atoms with Crippen LogP contribution < -0.4 is 9.47 Å². The van der Waals surface area contributed by atoms with Crippen molar-refractivity contribution in [2.75, 3.05) is 0 Å². The number of hydrogen-bond acceptors (Lipinski definition) is 5. The van der Waals surface area contributed by atoms with Gasteiger partial charge in [-0.15, -0.1) is 17.9 Å². The summed E-state index contributed by atoms with van der Waals surface area (Å²) in [6.45, 7) is 10.9. The first-order chi connectivity index (χ1) is 17.4. The van der Waals surface area contributed by atoms with Crippen LogP contribution in [0.2, 0.25) is 0 Å². The van der Waals surface area contributed by atoms with Crippen LogP contribution in [0.25, 0.3) is 10.6 Å². The molecule has 0 saturated heterocycles. The summed E-state index contributed by atoms with van der Waals surface area (Å²) in [5, 5.41) is 10.2. The van der Waals surface area contributed by atoms with Gasteiger partial charge in [-0.25, -0.2) is 9.78 Å². The van der Waals surface area contributed by atoms with Crippen LogP contribution in [0.15, 0.2) is 55.1 Å². The summed E-state index contributed by atoms with van der Waals surface area (Å²) in [6, 6.07) is 10.1. The molecule has 0 spiro atoms. The molecule has 2 atom stereocenters. The molecule has 2 unspecified atom stereocenters. The van der Waals surface area contributed by atoms with Crippen molar-refractivity contribution in [1.29, 1.82) is 0 Å². The second kappa shape index (κ2) is 11.4. The largest absolute Gasteiger partial charge is 0.484 e. The van der Waals surface area contributed by atoms with Crippen LogP contribution in [0.3, 0.4) is 0 Å². The van der Waals surface area contributed by atoms with Gasteiger partial charge in [0.1, 0.15) is 22.6 Å². The lowest BCUT2D eigenvalue weighted by molar-refractivity contribution is -0.154. The SMILES string of the molecule is C=CCC(Oc1ccc(OC(C)(CCC)C(=O)O)c(C)c1)c1sc(-c2ccc(C(F)(F)F)cc2)nc1C. The standard InChI is InChI=1S/C28H30F3NO4S/c1-6-8-23(24-18(4)32-25(37-24)19-9-11-20(12-10-19)28(29,30)31)35-21-13-14-22(17(3)16-21)36-27(5,15-7-2)26(33)34/h6,9-14,16,23H,1,7-8,15H2,2-5H3,(H,33,34). The number of aliphatic carboxylic acids is 1. The van der Waals surface area contributed by atoms with Crippen LogP contribution in [-0.4, -0.2) is 21.7 Å². The lowest BCUT2D eigenvalue weighted by Crippen LogP contribution is -2.41. The monoisotopic (exact) mass is 533 g/mol. The van der Waals surface area contributed by atoms with Crippen LogP contribution in [0.4, 0.5) is 13.2 Å². The average Bonchev–Trinajstić information content (AvgIpc) is 3.21. The number of carboxylic acids is 1. The molecule has 0 amide bonds. The lowest BCUT2D eigenvalue weighted by atomic mass is 10.0. The van der Waals surface area contributed by atoms with Crippen LogP contribution in [-0.2, 0) is 11.0 Å². The summed E-state index contributed by atoms with van der Waals surface area (Å²) < 4.78 is 50.9. The highest BCUT2D eigenvalue weighted by Gasteiger charge is 2.35. The number of aromatic nitrogens is 1. The highest BCUT2D eigenvalue weighted by atomic mass is 32.1. The van der Waals surface area contributed by atoms with E-state index in [4.69, 9.17) is 9.47 Å². The molecule has 3 rings (SSSR count). The quantitative estimate of drug-likeness (QED) is 0.252. The Morgan fingerprint density at radius 1 is 1.19 bits per heavy atom.